The van der Waals surface area contributed by atoms with E-state index in [1.165, 1.54) is 17.0 Å². The lowest BCUT2D eigenvalue weighted by molar-refractivity contribution is -0.139. The standard InChI is InChI=1S/C29H34ClN3O4S/c1-6-31-29(35)23(5)32(18-24-8-7-9-25(30)17-24)28(34)19-33(27-16-21(3)10-13-22(27)4)38(36,37)26-14-11-20(2)12-15-26/h7-17,23H,6,18-19H2,1-5H3,(H,31,35)/t23-/m1/s1. The summed E-state index contributed by atoms with van der Waals surface area (Å²) in [6.07, 6.45) is 0. The molecule has 0 aliphatic carbocycles. The lowest BCUT2D eigenvalue weighted by Crippen LogP contribution is -2.51. The van der Waals surface area contributed by atoms with Crippen LogP contribution in [-0.2, 0) is 26.2 Å². The Morgan fingerprint density at radius 1 is 0.947 bits per heavy atom. The first-order valence-corrected chi connectivity index (χ1v) is 14.2. The van der Waals surface area contributed by atoms with Crippen molar-refractivity contribution in [2.45, 2.75) is 52.1 Å². The van der Waals surface area contributed by atoms with Crippen LogP contribution < -0.4 is 9.62 Å². The molecule has 202 valence electrons. The maximum Gasteiger partial charge on any atom is 0.264 e. The van der Waals surface area contributed by atoms with Crippen molar-refractivity contribution >= 4 is 39.1 Å². The van der Waals surface area contributed by atoms with Gasteiger partial charge in [0.25, 0.3) is 10.0 Å². The Balaban J connectivity index is 2.08. The quantitative estimate of drug-likeness (QED) is 0.381. The molecule has 0 saturated carbocycles. The van der Waals surface area contributed by atoms with E-state index in [-0.39, 0.29) is 17.3 Å². The SMILES string of the molecule is CCNC(=O)[C@@H](C)N(Cc1cccc(Cl)c1)C(=O)CN(c1cc(C)ccc1C)S(=O)(=O)c1ccc(C)cc1. The molecule has 0 aromatic heterocycles. The van der Waals surface area contributed by atoms with Gasteiger partial charge in [-0.2, -0.15) is 0 Å². The normalized spacial score (nSPS) is 12.1. The molecule has 0 spiro atoms. The molecule has 0 heterocycles. The number of carbonyl (C=O) groups is 2. The zero-order valence-electron chi connectivity index (χ0n) is 22.4. The number of carbonyl (C=O) groups excluding carboxylic acids is 2. The molecule has 38 heavy (non-hydrogen) atoms. The number of anilines is 1. The van der Waals surface area contributed by atoms with Gasteiger partial charge in [0.15, 0.2) is 0 Å². The summed E-state index contributed by atoms with van der Waals surface area (Å²) >= 11 is 6.16. The smallest absolute Gasteiger partial charge is 0.264 e. The Bertz CT molecular complexity index is 1410. The molecule has 0 bridgehead atoms. The number of nitrogens with one attached hydrogen (secondary N) is 1. The van der Waals surface area contributed by atoms with Gasteiger partial charge in [-0.1, -0.05) is 53.6 Å². The fourth-order valence-electron chi connectivity index (χ4n) is 4.08. The van der Waals surface area contributed by atoms with Crippen LogP contribution in [0.5, 0.6) is 0 Å². The number of benzene rings is 3. The van der Waals surface area contributed by atoms with Crippen LogP contribution >= 0.6 is 11.6 Å². The summed E-state index contributed by atoms with van der Waals surface area (Å²) in [4.78, 5) is 28.2. The van der Waals surface area contributed by atoms with Crippen molar-refractivity contribution in [3.05, 3.63) is 94.0 Å². The zero-order chi connectivity index (χ0) is 28.0. The molecule has 3 aromatic rings. The van der Waals surface area contributed by atoms with Crippen LogP contribution in [0.1, 0.15) is 36.1 Å². The van der Waals surface area contributed by atoms with Crippen molar-refractivity contribution in [3.8, 4) is 0 Å². The second-order valence-corrected chi connectivity index (χ2v) is 11.6. The number of aryl methyl sites for hydroxylation is 3. The van der Waals surface area contributed by atoms with Gasteiger partial charge in [0, 0.05) is 18.1 Å². The highest BCUT2D eigenvalue weighted by Crippen LogP contribution is 2.29. The number of rotatable bonds is 10. The van der Waals surface area contributed by atoms with Crippen LogP contribution in [0.4, 0.5) is 5.69 Å². The van der Waals surface area contributed by atoms with E-state index in [0.29, 0.717) is 22.8 Å². The highest BCUT2D eigenvalue weighted by atomic mass is 35.5. The summed E-state index contributed by atoms with van der Waals surface area (Å²) in [5, 5.41) is 3.25. The maximum absolute atomic E-state index is 13.9. The van der Waals surface area contributed by atoms with Gasteiger partial charge in [0.05, 0.1) is 10.6 Å². The van der Waals surface area contributed by atoms with Crippen molar-refractivity contribution in [1.82, 2.24) is 10.2 Å². The van der Waals surface area contributed by atoms with E-state index in [1.54, 1.807) is 57.2 Å². The van der Waals surface area contributed by atoms with Gasteiger partial charge >= 0.3 is 0 Å². The highest BCUT2D eigenvalue weighted by molar-refractivity contribution is 7.92. The van der Waals surface area contributed by atoms with Crippen LogP contribution in [0.2, 0.25) is 5.02 Å². The van der Waals surface area contributed by atoms with Crippen LogP contribution in [0, 0.1) is 20.8 Å². The minimum Gasteiger partial charge on any atom is -0.355 e. The number of nitrogens with zero attached hydrogens (tertiary/aromatic N) is 2. The third-order valence-corrected chi connectivity index (χ3v) is 8.29. The molecular weight excluding hydrogens is 522 g/mol. The van der Waals surface area contributed by atoms with Crippen molar-refractivity contribution in [1.29, 1.82) is 0 Å². The van der Waals surface area contributed by atoms with Crippen LogP contribution in [-0.4, -0.2) is 44.3 Å². The van der Waals surface area contributed by atoms with Gasteiger partial charge < -0.3 is 10.2 Å². The Morgan fingerprint density at radius 3 is 2.24 bits per heavy atom. The maximum atomic E-state index is 13.9. The first-order chi connectivity index (χ1) is 17.9. The molecule has 0 radical (unpaired) electrons. The number of amides is 2. The Kier molecular flexibility index (Phi) is 9.57. The summed E-state index contributed by atoms with van der Waals surface area (Å²) in [6, 6.07) is 18.2. The van der Waals surface area contributed by atoms with E-state index in [4.69, 9.17) is 11.6 Å². The minimum absolute atomic E-state index is 0.0787. The average Bonchev–Trinajstić information content (AvgIpc) is 2.87. The fraction of sp³-hybridized carbons (Fsp3) is 0.310. The van der Waals surface area contributed by atoms with E-state index in [1.807, 2.05) is 32.0 Å². The van der Waals surface area contributed by atoms with Gasteiger partial charge in [0.1, 0.15) is 12.6 Å². The van der Waals surface area contributed by atoms with Crippen molar-refractivity contribution in [2.24, 2.45) is 0 Å². The molecule has 3 aromatic carbocycles. The molecule has 3 rings (SSSR count). The fourth-order valence-corrected chi connectivity index (χ4v) is 5.76. The van der Waals surface area contributed by atoms with E-state index < -0.39 is 28.5 Å². The highest BCUT2D eigenvalue weighted by Gasteiger charge is 2.33. The Hall–Kier alpha value is -3.36. The zero-order valence-corrected chi connectivity index (χ0v) is 23.9. The lowest BCUT2D eigenvalue weighted by atomic mass is 10.1. The predicted molar refractivity (Wildman–Crippen MR) is 152 cm³/mol. The summed E-state index contributed by atoms with van der Waals surface area (Å²) in [5.74, 6) is -0.845. The first kappa shape index (κ1) is 29.2. The second-order valence-electron chi connectivity index (χ2n) is 9.34. The number of likely N-dealkylation sites (N-methyl/N-ethyl adjacent to an activating group) is 1. The molecule has 0 aliphatic heterocycles. The summed E-state index contributed by atoms with van der Waals surface area (Å²) in [7, 11) is -4.11. The number of hydrogen-bond acceptors (Lipinski definition) is 4. The van der Waals surface area contributed by atoms with E-state index in [0.717, 1.165) is 21.0 Å². The van der Waals surface area contributed by atoms with Gasteiger partial charge in [0.2, 0.25) is 11.8 Å². The number of sulfonamides is 1. The first-order valence-electron chi connectivity index (χ1n) is 12.4. The lowest BCUT2D eigenvalue weighted by Gasteiger charge is -2.32. The molecule has 0 aliphatic rings. The van der Waals surface area contributed by atoms with Gasteiger partial charge in [-0.25, -0.2) is 8.42 Å². The molecule has 2 amide bonds. The minimum atomic E-state index is -4.11. The summed E-state index contributed by atoms with van der Waals surface area (Å²) in [5.41, 5.74) is 3.61. The molecule has 1 atom stereocenters. The monoisotopic (exact) mass is 555 g/mol. The average molecular weight is 556 g/mol. The molecule has 0 unspecified atom stereocenters. The number of hydrogen-bond donors (Lipinski definition) is 1. The van der Waals surface area contributed by atoms with E-state index in [2.05, 4.69) is 5.32 Å². The second kappa shape index (κ2) is 12.5. The van der Waals surface area contributed by atoms with Crippen LogP contribution in [0.15, 0.2) is 71.6 Å². The predicted octanol–water partition coefficient (Wildman–Crippen LogP) is 5.01. The van der Waals surface area contributed by atoms with Crippen molar-refractivity contribution in [2.75, 3.05) is 17.4 Å². The molecular formula is C29H34ClN3O4S. The van der Waals surface area contributed by atoms with Crippen LogP contribution in [0.3, 0.4) is 0 Å². The molecule has 7 nitrogen and oxygen atoms in total. The largest absolute Gasteiger partial charge is 0.355 e. The number of halogens is 1. The van der Waals surface area contributed by atoms with Gasteiger partial charge in [-0.05, 0) is 81.6 Å². The third-order valence-electron chi connectivity index (χ3n) is 6.28. The Morgan fingerprint density at radius 2 is 1.61 bits per heavy atom. The third kappa shape index (κ3) is 6.94. The van der Waals surface area contributed by atoms with Crippen LogP contribution in [0.25, 0.3) is 0 Å². The molecule has 9 heteroatoms. The van der Waals surface area contributed by atoms with E-state index in [9.17, 15) is 18.0 Å². The van der Waals surface area contributed by atoms with Gasteiger partial charge in [-0.3, -0.25) is 13.9 Å². The van der Waals surface area contributed by atoms with Gasteiger partial charge in [-0.15, -0.1) is 0 Å². The Labute approximate surface area is 230 Å². The molecule has 0 saturated heterocycles. The molecule has 1 N–H and O–H groups in total. The topological polar surface area (TPSA) is 86.8 Å². The summed E-state index contributed by atoms with van der Waals surface area (Å²) in [6.45, 7) is 8.97. The van der Waals surface area contributed by atoms with Crippen molar-refractivity contribution < 1.29 is 18.0 Å². The van der Waals surface area contributed by atoms with E-state index >= 15 is 0 Å². The molecule has 0 fully saturated rings. The summed E-state index contributed by atoms with van der Waals surface area (Å²) < 4.78 is 29.0. The van der Waals surface area contributed by atoms with Crippen molar-refractivity contribution in [3.63, 3.8) is 0 Å².